The number of piperidine rings is 1. The first kappa shape index (κ1) is 16.0. The van der Waals surface area contributed by atoms with E-state index in [0.29, 0.717) is 12.3 Å². The minimum Gasteiger partial charge on any atom is -0.352 e. The maximum atomic E-state index is 12.1. The lowest BCUT2D eigenvalue weighted by Crippen LogP contribution is -2.46. The summed E-state index contributed by atoms with van der Waals surface area (Å²) in [6, 6.07) is 0.355. The quantitative estimate of drug-likeness (QED) is 0.774. The Balaban J connectivity index is 2.37. The van der Waals surface area contributed by atoms with Crippen molar-refractivity contribution in [3.8, 4) is 0 Å². The van der Waals surface area contributed by atoms with Crippen molar-refractivity contribution in [3.63, 3.8) is 0 Å². The summed E-state index contributed by atoms with van der Waals surface area (Å²) in [5, 5.41) is 6.18. The van der Waals surface area contributed by atoms with Crippen LogP contribution in [0.1, 0.15) is 40.0 Å². The van der Waals surface area contributed by atoms with E-state index in [1.165, 1.54) is 17.7 Å². The number of carbonyl (C=O) groups is 2. The highest BCUT2D eigenvalue weighted by atomic mass is 16.2. The third-order valence-corrected chi connectivity index (χ3v) is 3.58. The van der Waals surface area contributed by atoms with Crippen molar-refractivity contribution in [1.82, 2.24) is 15.5 Å². The molecule has 2 atom stereocenters. The zero-order valence-electron chi connectivity index (χ0n) is 12.5. The van der Waals surface area contributed by atoms with Gasteiger partial charge in [0.05, 0.1) is 6.54 Å². The van der Waals surface area contributed by atoms with Gasteiger partial charge in [0.2, 0.25) is 11.8 Å². The van der Waals surface area contributed by atoms with Crippen LogP contribution in [0.3, 0.4) is 0 Å². The molecule has 1 saturated heterocycles. The number of rotatable bonds is 5. The molecule has 1 aliphatic rings. The largest absolute Gasteiger partial charge is 0.352 e. The summed E-state index contributed by atoms with van der Waals surface area (Å²) in [4.78, 5) is 25.2. The molecular formula is C14H27N3O2. The molecule has 0 aromatic carbocycles. The molecule has 0 spiro atoms. The number of carbonyl (C=O) groups excluding carboxylic acids is 2. The van der Waals surface area contributed by atoms with Gasteiger partial charge in [0, 0.05) is 25.6 Å². The van der Waals surface area contributed by atoms with Crippen LogP contribution < -0.4 is 10.6 Å². The molecule has 19 heavy (non-hydrogen) atoms. The topological polar surface area (TPSA) is 61.4 Å². The molecule has 0 aliphatic carbocycles. The third kappa shape index (κ3) is 5.59. The Morgan fingerprint density at radius 3 is 2.68 bits per heavy atom. The van der Waals surface area contributed by atoms with E-state index in [2.05, 4.69) is 17.6 Å². The van der Waals surface area contributed by atoms with Crippen LogP contribution in [0.5, 0.6) is 0 Å². The van der Waals surface area contributed by atoms with E-state index in [9.17, 15) is 9.59 Å². The van der Waals surface area contributed by atoms with Crippen LogP contribution in [-0.2, 0) is 9.59 Å². The molecule has 1 heterocycles. The second-order valence-electron chi connectivity index (χ2n) is 5.86. The molecule has 0 bridgehead atoms. The molecular weight excluding hydrogens is 242 g/mol. The molecule has 5 nitrogen and oxygen atoms in total. The number of nitrogens with zero attached hydrogens (tertiary/aromatic N) is 1. The molecule has 0 aromatic rings. The summed E-state index contributed by atoms with van der Waals surface area (Å²) in [6.07, 6.45) is 2.83. The van der Waals surface area contributed by atoms with E-state index in [4.69, 9.17) is 0 Å². The van der Waals surface area contributed by atoms with Crippen molar-refractivity contribution in [1.29, 1.82) is 0 Å². The monoisotopic (exact) mass is 269 g/mol. The lowest BCUT2D eigenvalue weighted by Gasteiger charge is -2.31. The van der Waals surface area contributed by atoms with Crippen LogP contribution in [0, 0.1) is 5.92 Å². The van der Waals surface area contributed by atoms with Crippen molar-refractivity contribution in [2.75, 3.05) is 20.1 Å². The molecule has 1 fully saturated rings. The minimum atomic E-state index is -0.101. The SMILES string of the molecule is CC(C)NC(=O)CN(C)C(=O)CC1NCCCC1C. The number of hydrogen-bond acceptors (Lipinski definition) is 3. The predicted molar refractivity (Wildman–Crippen MR) is 75.7 cm³/mol. The molecule has 2 unspecified atom stereocenters. The van der Waals surface area contributed by atoms with Crippen LogP contribution >= 0.6 is 0 Å². The number of nitrogens with one attached hydrogen (secondary N) is 2. The fraction of sp³-hybridized carbons (Fsp3) is 0.857. The van der Waals surface area contributed by atoms with Crippen molar-refractivity contribution < 1.29 is 9.59 Å². The molecule has 110 valence electrons. The van der Waals surface area contributed by atoms with Crippen LogP contribution in [0.15, 0.2) is 0 Å². The first-order chi connectivity index (χ1) is 8.90. The zero-order chi connectivity index (χ0) is 14.4. The number of hydrogen-bond donors (Lipinski definition) is 2. The van der Waals surface area contributed by atoms with Crippen molar-refractivity contribution in [2.24, 2.45) is 5.92 Å². The van der Waals surface area contributed by atoms with Gasteiger partial charge in [0.1, 0.15) is 0 Å². The number of amides is 2. The highest BCUT2D eigenvalue weighted by molar-refractivity contribution is 5.84. The van der Waals surface area contributed by atoms with Crippen LogP contribution in [0.2, 0.25) is 0 Å². The summed E-state index contributed by atoms with van der Waals surface area (Å²) >= 11 is 0. The molecule has 2 amide bonds. The Labute approximate surface area is 116 Å². The average molecular weight is 269 g/mol. The fourth-order valence-electron chi connectivity index (χ4n) is 2.40. The van der Waals surface area contributed by atoms with E-state index in [-0.39, 0.29) is 30.4 Å². The Hall–Kier alpha value is -1.10. The van der Waals surface area contributed by atoms with E-state index in [1.807, 2.05) is 13.8 Å². The minimum absolute atomic E-state index is 0.0326. The maximum Gasteiger partial charge on any atom is 0.239 e. The molecule has 0 aromatic heterocycles. The smallest absolute Gasteiger partial charge is 0.239 e. The second kappa shape index (κ2) is 7.48. The van der Waals surface area contributed by atoms with Gasteiger partial charge in [0.25, 0.3) is 0 Å². The van der Waals surface area contributed by atoms with Gasteiger partial charge >= 0.3 is 0 Å². The molecule has 1 rings (SSSR count). The van der Waals surface area contributed by atoms with Gasteiger partial charge in [-0.25, -0.2) is 0 Å². The molecule has 1 aliphatic heterocycles. The Morgan fingerprint density at radius 2 is 2.11 bits per heavy atom. The van der Waals surface area contributed by atoms with Crippen molar-refractivity contribution in [2.45, 2.75) is 52.1 Å². The van der Waals surface area contributed by atoms with Gasteiger partial charge in [-0.2, -0.15) is 0 Å². The second-order valence-corrected chi connectivity index (χ2v) is 5.86. The molecule has 5 heteroatoms. The lowest BCUT2D eigenvalue weighted by molar-refractivity contribution is -0.135. The highest BCUT2D eigenvalue weighted by Crippen LogP contribution is 2.18. The Morgan fingerprint density at radius 1 is 1.42 bits per heavy atom. The van der Waals surface area contributed by atoms with Crippen molar-refractivity contribution in [3.05, 3.63) is 0 Å². The van der Waals surface area contributed by atoms with E-state index < -0.39 is 0 Å². The van der Waals surface area contributed by atoms with E-state index in [1.54, 1.807) is 7.05 Å². The van der Waals surface area contributed by atoms with E-state index in [0.717, 1.165) is 6.54 Å². The van der Waals surface area contributed by atoms with Gasteiger partial charge in [-0.05, 0) is 39.2 Å². The summed E-state index contributed by atoms with van der Waals surface area (Å²) in [5.74, 6) is 0.455. The van der Waals surface area contributed by atoms with Gasteiger partial charge in [-0.1, -0.05) is 6.92 Å². The van der Waals surface area contributed by atoms with Crippen LogP contribution in [0.25, 0.3) is 0 Å². The third-order valence-electron chi connectivity index (χ3n) is 3.58. The molecule has 0 saturated carbocycles. The van der Waals surface area contributed by atoms with Gasteiger partial charge in [-0.15, -0.1) is 0 Å². The maximum absolute atomic E-state index is 12.1. The lowest BCUT2D eigenvalue weighted by atomic mass is 9.90. The summed E-state index contributed by atoms with van der Waals surface area (Å²) in [6.45, 7) is 7.12. The average Bonchev–Trinajstić information content (AvgIpc) is 2.30. The first-order valence-corrected chi connectivity index (χ1v) is 7.17. The highest BCUT2D eigenvalue weighted by Gasteiger charge is 2.25. The van der Waals surface area contributed by atoms with Crippen molar-refractivity contribution >= 4 is 11.8 Å². The Bertz CT molecular complexity index is 318. The van der Waals surface area contributed by atoms with E-state index >= 15 is 0 Å². The fourth-order valence-corrected chi connectivity index (χ4v) is 2.40. The predicted octanol–water partition coefficient (Wildman–Crippen LogP) is 0.748. The first-order valence-electron chi connectivity index (χ1n) is 7.17. The van der Waals surface area contributed by atoms with Gasteiger partial charge < -0.3 is 15.5 Å². The van der Waals surface area contributed by atoms with Crippen LogP contribution in [-0.4, -0.2) is 48.9 Å². The van der Waals surface area contributed by atoms with Gasteiger partial charge in [0.15, 0.2) is 0 Å². The summed E-state index contributed by atoms with van der Waals surface area (Å²) in [7, 11) is 1.69. The number of likely N-dealkylation sites (N-methyl/N-ethyl adjacent to an activating group) is 1. The summed E-state index contributed by atoms with van der Waals surface area (Å²) in [5.41, 5.74) is 0. The molecule has 2 N–H and O–H groups in total. The van der Waals surface area contributed by atoms with Gasteiger partial charge in [-0.3, -0.25) is 9.59 Å². The van der Waals surface area contributed by atoms with Crippen LogP contribution in [0.4, 0.5) is 0 Å². The Kier molecular flexibility index (Phi) is 6.28. The normalized spacial score (nSPS) is 23.2. The standard InChI is InChI=1S/C14H27N3O2/c1-10(2)16-13(18)9-17(4)14(19)8-12-11(3)6-5-7-15-12/h10-12,15H,5-9H2,1-4H3,(H,16,18). The summed E-state index contributed by atoms with van der Waals surface area (Å²) < 4.78 is 0. The zero-order valence-corrected chi connectivity index (χ0v) is 12.5. The molecule has 0 radical (unpaired) electrons.